The van der Waals surface area contributed by atoms with Gasteiger partial charge in [0, 0.05) is 34.5 Å². The van der Waals surface area contributed by atoms with Crippen LogP contribution >= 0.6 is 0 Å². The number of hydrogen-bond acceptors (Lipinski definition) is 5. The maximum atomic E-state index is 5.41. The van der Waals surface area contributed by atoms with E-state index in [0.717, 1.165) is 25.6 Å². The van der Waals surface area contributed by atoms with Crippen LogP contribution in [0.5, 0.6) is 0 Å². The molecule has 0 aliphatic carbocycles. The van der Waals surface area contributed by atoms with Gasteiger partial charge in [-0.1, -0.05) is 26.7 Å². The Morgan fingerprint density at radius 1 is 0.864 bits per heavy atom. The van der Waals surface area contributed by atoms with Gasteiger partial charge in [-0.15, -0.1) is 0 Å². The smallest absolute Gasteiger partial charge is 0.427 e. The molecule has 0 bridgehead atoms. The minimum Gasteiger partial charge on any atom is -0.427 e. The van der Waals surface area contributed by atoms with Crippen LogP contribution in [0.3, 0.4) is 0 Å². The summed E-state index contributed by atoms with van der Waals surface area (Å²) < 4.78 is 21.6. The van der Waals surface area contributed by atoms with Crippen molar-refractivity contribution in [3.63, 3.8) is 0 Å². The van der Waals surface area contributed by atoms with E-state index in [0.29, 0.717) is 5.04 Å². The highest BCUT2D eigenvalue weighted by molar-refractivity contribution is 6.60. The number of nitrogens with one attached hydrogen (secondary N) is 1. The molecule has 134 valence electrons. The summed E-state index contributed by atoms with van der Waals surface area (Å²) in [5, 5.41) is 3.93. The molecular formula is C15H37NO4Si2. The fraction of sp³-hybridized carbons (Fsp3) is 1.00. The SMILES string of the molecule is CO[SiH2]C(C)(C)CCCCCNCCC[Si](OC)(OC)OC. The molecule has 1 N–H and O–H groups in total. The Balaban J connectivity index is 3.51. The van der Waals surface area contributed by atoms with Crippen molar-refractivity contribution >= 4 is 18.6 Å². The summed E-state index contributed by atoms with van der Waals surface area (Å²) in [5.41, 5.74) is 0. The van der Waals surface area contributed by atoms with E-state index in [2.05, 4.69) is 19.2 Å². The molecule has 0 spiro atoms. The van der Waals surface area contributed by atoms with Crippen molar-refractivity contribution in [3.8, 4) is 0 Å². The second-order valence-corrected chi connectivity index (χ2v) is 12.4. The van der Waals surface area contributed by atoms with Crippen LogP contribution in [-0.2, 0) is 17.7 Å². The van der Waals surface area contributed by atoms with Crippen LogP contribution in [0.15, 0.2) is 0 Å². The molecule has 0 aromatic rings. The molecule has 0 aromatic heterocycles. The fourth-order valence-electron chi connectivity index (χ4n) is 2.60. The van der Waals surface area contributed by atoms with Gasteiger partial charge in [0.05, 0.1) is 0 Å². The van der Waals surface area contributed by atoms with Crippen molar-refractivity contribution < 1.29 is 17.7 Å². The van der Waals surface area contributed by atoms with E-state index in [9.17, 15) is 0 Å². The third kappa shape index (κ3) is 10.1. The lowest BCUT2D eigenvalue weighted by Gasteiger charge is -2.24. The summed E-state index contributed by atoms with van der Waals surface area (Å²) in [4.78, 5) is 0. The summed E-state index contributed by atoms with van der Waals surface area (Å²) >= 11 is 0. The van der Waals surface area contributed by atoms with Gasteiger partial charge in [-0.25, -0.2) is 0 Å². The predicted molar refractivity (Wildman–Crippen MR) is 97.1 cm³/mol. The Morgan fingerprint density at radius 3 is 2.00 bits per heavy atom. The van der Waals surface area contributed by atoms with E-state index >= 15 is 0 Å². The lowest BCUT2D eigenvalue weighted by atomic mass is 10.0. The maximum absolute atomic E-state index is 5.41. The van der Waals surface area contributed by atoms with E-state index in [1.165, 1.54) is 25.7 Å². The largest absolute Gasteiger partial charge is 0.500 e. The molecule has 0 radical (unpaired) electrons. The highest BCUT2D eigenvalue weighted by atomic mass is 28.4. The first-order valence-electron chi connectivity index (χ1n) is 8.30. The Bertz CT molecular complexity index is 256. The third-order valence-electron chi connectivity index (χ3n) is 4.01. The predicted octanol–water partition coefficient (Wildman–Crippen LogP) is 2.33. The molecule has 0 aliphatic heterocycles. The Hall–Kier alpha value is 0.234. The first-order chi connectivity index (χ1) is 10.4. The van der Waals surface area contributed by atoms with Crippen molar-refractivity contribution in [2.24, 2.45) is 0 Å². The van der Waals surface area contributed by atoms with Gasteiger partial charge in [0.1, 0.15) is 0 Å². The van der Waals surface area contributed by atoms with Crippen LogP contribution in [-0.4, -0.2) is 60.1 Å². The van der Waals surface area contributed by atoms with Crippen LogP contribution in [0.2, 0.25) is 11.1 Å². The van der Waals surface area contributed by atoms with Crippen molar-refractivity contribution in [2.45, 2.75) is 57.0 Å². The number of hydrogen-bond donors (Lipinski definition) is 1. The average Bonchev–Trinajstić information content (AvgIpc) is 2.50. The molecule has 22 heavy (non-hydrogen) atoms. The monoisotopic (exact) mass is 351 g/mol. The normalized spacial score (nSPS) is 13.4. The maximum Gasteiger partial charge on any atom is 0.500 e. The summed E-state index contributed by atoms with van der Waals surface area (Å²) in [6.07, 6.45) is 6.15. The molecule has 7 heteroatoms. The zero-order valence-corrected chi connectivity index (χ0v) is 17.9. The van der Waals surface area contributed by atoms with Gasteiger partial charge in [0.15, 0.2) is 9.76 Å². The minimum absolute atomic E-state index is 0.369. The second-order valence-electron chi connectivity index (χ2n) is 6.56. The lowest BCUT2D eigenvalue weighted by molar-refractivity contribution is 0.123. The van der Waals surface area contributed by atoms with Gasteiger partial charge in [-0.05, 0) is 37.4 Å². The minimum atomic E-state index is -2.38. The molecule has 5 nitrogen and oxygen atoms in total. The molecule has 0 amide bonds. The van der Waals surface area contributed by atoms with Gasteiger partial charge in [0.2, 0.25) is 0 Å². The summed E-state index contributed by atoms with van der Waals surface area (Å²) in [5.74, 6) is 0. The van der Waals surface area contributed by atoms with Crippen LogP contribution in [0.4, 0.5) is 0 Å². The van der Waals surface area contributed by atoms with Crippen LogP contribution in [0, 0.1) is 0 Å². The topological polar surface area (TPSA) is 49.0 Å². The van der Waals surface area contributed by atoms with Crippen LogP contribution in [0.25, 0.3) is 0 Å². The molecule has 0 saturated carbocycles. The van der Waals surface area contributed by atoms with Gasteiger partial charge < -0.3 is 23.0 Å². The van der Waals surface area contributed by atoms with E-state index in [1.54, 1.807) is 21.3 Å². The third-order valence-corrected chi connectivity index (χ3v) is 8.27. The van der Waals surface area contributed by atoms with Crippen molar-refractivity contribution in [2.75, 3.05) is 41.5 Å². The summed E-state index contributed by atoms with van der Waals surface area (Å²) in [6, 6.07) is 0.860. The van der Waals surface area contributed by atoms with Crippen LogP contribution < -0.4 is 5.32 Å². The molecule has 0 fully saturated rings. The first kappa shape index (κ1) is 22.2. The zero-order chi connectivity index (χ0) is 16.9. The van der Waals surface area contributed by atoms with Crippen molar-refractivity contribution in [3.05, 3.63) is 0 Å². The first-order valence-corrected chi connectivity index (χ1v) is 11.5. The fourth-order valence-corrected chi connectivity index (χ4v) is 5.50. The molecule has 0 heterocycles. The molecule has 0 saturated heterocycles. The molecule has 0 aromatic carbocycles. The Kier molecular flexibility index (Phi) is 12.8. The number of rotatable bonds is 15. The van der Waals surface area contributed by atoms with Crippen molar-refractivity contribution in [1.82, 2.24) is 5.32 Å². The van der Waals surface area contributed by atoms with Crippen LogP contribution in [0.1, 0.15) is 46.0 Å². The van der Waals surface area contributed by atoms with Crippen molar-refractivity contribution in [1.29, 1.82) is 0 Å². The van der Waals surface area contributed by atoms with Gasteiger partial charge >= 0.3 is 8.80 Å². The molecule has 0 rings (SSSR count). The highest BCUT2D eigenvalue weighted by Crippen LogP contribution is 2.29. The summed E-state index contributed by atoms with van der Waals surface area (Å²) in [6.45, 7) is 6.74. The van der Waals surface area contributed by atoms with E-state index in [1.807, 2.05) is 7.11 Å². The standard InChI is InChI=1S/C15H37NO4Si2/c1-15(2,21-17-3)11-8-7-9-12-16-13-10-14-22(18-4,19-5)20-6/h16H,7-14,21H2,1-6H3. The number of unbranched alkanes of at least 4 members (excludes halogenated alkanes) is 2. The van der Waals surface area contributed by atoms with E-state index in [4.69, 9.17) is 17.7 Å². The molecule has 0 aliphatic rings. The zero-order valence-electron chi connectivity index (χ0n) is 15.5. The van der Waals surface area contributed by atoms with E-state index < -0.39 is 8.80 Å². The molecule has 0 atom stereocenters. The average molecular weight is 352 g/mol. The quantitative estimate of drug-likeness (QED) is 0.362. The second kappa shape index (κ2) is 12.6. The Morgan fingerprint density at radius 2 is 1.45 bits per heavy atom. The van der Waals surface area contributed by atoms with Gasteiger partial charge in [-0.3, -0.25) is 0 Å². The van der Waals surface area contributed by atoms with E-state index in [-0.39, 0.29) is 9.76 Å². The van der Waals surface area contributed by atoms with Gasteiger partial charge in [0.25, 0.3) is 0 Å². The molecular weight excluding hydrogens is 314 g/mol. The summed E-state index contributed by atoms with van der Waals surface area (Å²) in [7, 11) is 4.10. The highest BCUT2D eigenvalue weighted by Gasteiger charge is 2.36. The molecule has 0 unspecified atom stereocenters. The van der Waals surface area contributed by atoms with Gasteiger partial charge in [-0.2, -0.15) is 0 Å². The lowest BCUT2D eigenvalue weighted by Crippen LogP contribution is -2.43. The Labute approximate surface area is 140 Å².